The molecule has 1 aromatic carbocycles. The molecule has 0 spiro atoms. The zero-order valence-electron chi connectivity index (χ0n) is 15.0. The van der Waals surface area contributed by atoms with Gasteiger partial charge in [0.2, 0.25) is 0 Å². The van der Waals surface area contributed by atoms with Gasteiger partial charge in [0.25, 0.3) is 0 Å². The minimum Gasteiger partial charge on any atom is -0.394 e. The molecule has 132 valence electrons. The summed E-state index contributed by atoms with van der Waals surface area (Å²) in [6, 6.07) is 12.9. The second-order valence-corrected chi connectivity index (χ2v) is 6.79. The average molecular weight is 338 g/mol. The highest BCUT2D eigenvalue weighted by atomic mass is 16.3. The highest BCUT2D eigenvalue weighted by Crippen LogP contribution is 2.32. The average Bonchev–Trinajstić information content (AvgIpc) is 3.18. The van der Waals surface area contributed by atoms with E-state index in [2.05, 4.69) is 35.1 Å². The van der Waals surface area contributed by atoms with Crippen molar-refractivity contribution in [1.82, 2.24) is 14.7 Å². The van der Waals surface area contributed by atoms with Crippen LogP contribution in [-0.4, -0.2) is 39.0 Å². The number of benzene rings is 1. The maximum atomic E-state index is 9.79. The zero-order chi connectivity index (χ0) is 17.8. The molecule has 1 aliphatic heterocycles. The lowest BCUT2D eigenvalue weighted by atomic mass is 9.91. The lowest BCUT2D eigenvalue weighted by Gasteiger charge is -2.28. The van der Waals surface area contributed by atoms with E-state index >= 15 is 0 Å². The molecule has 0 aliphatic carbocycles. The van der Waals surface area contributed by atoms with Crippen LogP contribution in [0.5, 0.6) is 0 Å². The smallest absolute Gasteiger partial charge is 0.0868 e. The summed E-state index contributed by atoms with van der Waals surface area (Å²) in [5.41, 5.74) is 4.46. The fraction of sp³-hybridized carbons (Fsp3) is 0.500. The van der Waals surface area contributed by atoms with E-state index in [0.29, 0.717) is 6.54 Å². The number of aryl methyl sites for hydroxylation is 1. The predicted molar refractivity (Wildman–Crippen MR) is 97.0 cm³/mol. The van der Waals surface area contributed by atoms with Crippen LogP contribution in [0, 0.1) is 25.2 Å². The number of nitrogens with zero attached hydrogens (tertiary/aromatic N) is 4. The minimum atomic E-state index is -0.100. The molecule has 2 aromatic rings. The molecule has 5 heteroatoms. The van der Waals surface area contributed by atoms with Crippen LogP contribution in [0.15, 0.2) is 30.3 Å². The second-order valence-electron chi connectivity index (χ2n) is 6.79. The monoisotopic (exact) mass is 338 g/mol. The topological polar surface area (TPSA) is 65.1 Å². The highest BCUT2D eigenvalue weighted by Gasteiger charge is 2.33. The first-order valence-electron chi connectivity index (χ1n) is 8.98. The Morgan fingerprint density at radius 1 is 1.32 bits per heavy atom. The lowest BCUT2D eigenvalue weighted by Crippen LogP contribution is -2.34. The van der Waals surface area contributed by atoms with Crippen LogP contribution in [0.4, 0.5) is 0 Å². The maximum Gasteiger partial charge on any atom is 0.0868 e. The van der Waals surface area contributed by atoms with E-state index in [1.165, 1.54) is 5.56 Å². The van der Waals surface area contributed by atoms with Gasteiger partial charge in [-0.1, -0.05) is 30.3 Å². The van der Waals surface area contributed by atoms with Crippen molar-refractivity contribution < 1.29 is 5.11 Å². The van der Waals surface area contributed by atoms with Crippen LogP contribution in [-0.2, 0) is 13.1 Å². The zero-order valence-corrected chi connectivity index (χ0v) is 15.0. The Morgan fingerprint density at radius 2 is 2.08 bits per heavy atom. The first-order valence-corrected chi connectivity index (χ1v) is 8.98. The Balaban J connectivity index is 1.82. The fourth-order valence-corrected chi connectivity index (χ4v) is 3.95. The van der Waals surface area contributed by atoms with Crippen LogP contribution in [0.25, 0.3) is 0 Å². The molecule has 1 fully saturated rings. The summed E-state index contributed by atoms with van der Waals surface area (Å²) >= 11 is 0. The number of aliphatic hydroxyl groups excluding tert-OH is 1. The normalized spacial score (nSPS) is 19.0. The van der Waals surface area contributed by atoms with Gasteiger partial charge >= 0.3 is 0 Å². The van der Waals surface area contributed by atoms with Gasteiger partial charge in [0, 0.05) is 23.8 Å². The summed E-state index contributed by atoms with van der Waals surface area (Å²) in [5, 5.41) is 23.5. The second kappa shape index (κ2) is 7.81. The third-order valence-electron chi connectivity index (χ3n) is 5.30. The van der Waals surface area contributed by atoms with Gasteiger partial charge in [-0.15, -0.1) is 0 Å². The van der Waals surface area contributed by atoms with Gasteiger partial charge in [-0.05, 0) is 38.8 Å². The van der Waals surface area contributed by atoms with Crippen LogP contribution < -0.4 is 0 Å². The van der Waals surface area contributed by atoms with E-state index in [0.717, 1.165) is 42.9 Å². The summed E-state index contributed by atoms with van der Waals surface area (Å²) < 4.78 is 1.88. The molecule has 25 heavy (non-hydrogen) atoms. The molecule has 2 heterocycles. The third-order valence-corrected chi connectivity index (χ3v) is 5.30. The summed E-state index contributed by atoms with van der Waals surface area (Å²) in [7, 11) is 0. The maximum absolute atomic E-state index is 9.79. The van der Waals surface area contributed by atoms with Crippen LogP contribution in [0.1, 0.15) is 41.3 Å². The molecule has 0 saturated carbocycles. The molecule has 1 aromatic heterocycles. The van der Waals surface area contributed by atoms with Crippen LogP contribution in [0.3, 0.4) is 0 Å². The van der Waals surface area contributed by atoms with Gasteiger partial charge in [-0.3, -0.25) is 9.58 Å². The Labute approximate surface area is 149 Å². The van der Waals surface area contributed by atoms with Gasteiger partial charge in [-0.2, -0.15) is 10.4 Å². The standard InChI is InChI=1S/C20H26N4O/c1-15-19(16(2)24(22-15)11-12-25)14-23-10-6-9-20(23)18(13-21)17-7-4-3-5-8-17/h3-5,7-8,18,20,25H,6,9-12,14H2,1-2H3. The summed E-state index contributed by atoms with van der Waals surface area (Å²) in [5.74, 6) is -0.100. The van der Waals surface area contributed by atoms with Crippen molar-refractivity contribution in [2.75, 3.05) is 13.2 Å². The summed E-state index contributed by atoms with van der Waals surface area (Å²) in [4.78, 5) is 2.43. The van der Waals surface area contributed by atoms with Gasteiger partial charge in [-0.25, -0.2) is 0 Å². The lowest BCUT2D eigenvalue weighted by molar-refractivity contribution is 0.231. The number of nitriles is 1. The number of aliphatic hydroxyl groups is 1. The van der Waals surface area contributed by atoms with Gasteiger partial charge in [0.05, 0.1) is 30.8 Å². The van der Waals surface area contributed by atoms with Crippen molar-refractivity contribution in [2.24, 2.45) is 0 Å². The first kappa shape index (κ1) is 17.7. The molecule has 0 amide bonds. The first-order chi connectivity index (χ1) is 12.2. The largest absolute Gasteiger partial charge is 0.394 e. The van der Waals surface area contributed by atoms with Crippen molar-refractivity contribution >= 4 is 0 Å². The quantitative estimate of drug-likeness (QED) is 0.879. The number of hydrogen-bond acceptors (Lipinski definition) is 4. The number of aromatic nitrogens is 2. The van der Waals surface area contributed by atoms with E-state index in [-0.39, 0.29) is 18.6 Å². The molecule has 2 unspecified atom stereocenters. The van der Waals surface area contributed by atoms with Crippen molar-refractivity contribution in [3.8, 4) is 6.07 Å². The molecule has 3 rings (SSSR count). The van der Waals surface area contributed by atoms with E-state index < -0.39 is 0 Å². The molecule has 5 nitrogen and oxygen atoms in total. The SMILES string of the molecule is Cc1nn(CCO)c(C)c1CN1CCCC1C(C#N)c1ccccc1. The highest BCUT2D eigenvalue weighted by molar-refractivity contribution is 5.29. The molecular formula is C20H26N4O. The molecule has 1 N–H and O–H groups in total. The Morgan fingerprint density at radius 3 is 2.76 bits per heavy atom. The predicted octanol–water partition coefficient (Wildman–Crippen LogP) is 2.76. The third kappa shape index (κ3) is 3.60. The van der Waals surface area contributed by atoms with Gasteiger partial charge in [0.15, 0.2) is 0 Å². The van der Waals surface area contributed by atoms with Crippen molar-refractivity contribution in [2.45, 2.75) is 51.7 Å². The summed E-state index contributed by atoms with van der Waals surface area (Å²) in [6.07, 6.45) is 2.18. The van der Waals surface area contributed by atoms with Crippen LogP contribution in [0.2, 0.25) is 0 Å². The Bertz CT molecular complexity index is 747. The van der Waals surface area contributed by atoms with E-state index in [1.807, 2.05) is 29.8 Å². The van der Waals surface area contributed by atoms with Crippen molar-refractivity contribution in [1.29, 1.82) is 5.26 Å². The molecule has 2 atom stereocenters. The molecule has 0 radical (unpaired) electrons. The van der Waals surface area contributed by atoms with Crippen LogP contribution >= 0.6 is 0 Å². The van der Waals surface area contributed by atoms with E-state index in [1.54, 1.807) is 0 Å². The van der Waals surface area contributed by atoms with E-state index in [9.17, 15) is 10.4 Å². The minimum absolute atomic E-state index is 0.0955. The number of rotatable bonds is 6. The van der Waals surface area contributed by atoms with Gasteiger partial charge < -0.3 is 5.11 Å². The van der Waals surface area contributed by atoms with Gasteiger partial charge in [0.1, 0.15) is 0 Å². The molecule has 1 aliphatic rings. The number of likely N-dealkylation sites (tertiary alicyclic amines) is 1. The summed E-state index contributed by atoms with van der Waals surface area (Å²) in [6.45, 7) is 6.55. The molecule has 1 saturated heterocycles. The van der Waals surface area contributed by atoms with Crippen molar-refractivity contribution in [3.05, 3.63) is 52.8 Å². The van der Waals surface area contributed by atoms with E-state index in [4.69, 9.17) is 0 Å². The molecule has 0 bridgehead atoms. The Kier molecular flexibility index (Phi) is 5.52. The van der Waals surface area contributed by atoms with Crippen molar-refractivity contribution in [3.63, 3.8) is 0 Å². The Hall–Kier alpha value is -2.16. The number of hydrogen-bond donors (Lipinski definition) is 1. The molecular weight excluding hydrogens is 312 g/mol. The fourth-order valence-electron chi connectivity index (χ4n) is 3.95.